The van der Waals surface area contributed by atoms with E-state index in [2.05, 4.69) is 20.6 Å². The lowest BCUT2D eigenvalue weighted by atomic mass is 9.95. The third kappa shape index (κ3) is 2.53. The van der Waals surface area contributed by atoms with Gasteiger partial charge in [-0.05, 0) is 31.1 Å². The van der Waals surface area contributed by atoms with Gasteiger partial charge in [-0.1, -0.05) is 6.42 Å². The molecule has 3 atom stereocenters. The van der Waals surface area contributed by atoms with Crippen LogP contribution in [0.3, 0.4) is 0 Å². The molecule has 3 unspecified atom stereocenters. The molecule has 0 radical (unpaired) electrons. The standard InChI is InChI=1S/C13H17F3N4/c1-17-12-19-10(13(14,15)16)6-11(20-12)18-9-5-7-2-3-8(9)4-7/h6-9H,2-5H2,1H3,(H2,17,18,19,20). The van der Waals surface area contributed by atoms with Crippen LogP contribution < -0.4 is 10.6 Å². The molecule has 20 heavy (non-hydrogen) atoms. The Hall–Kier alpha value is -1.53. The zero-order chi connectivity index (χ0) is 14.3. The van der Waals surface area contributed by atoms with Gasteiger partial charge >= 0.3 is 6.18 Å². The molecule has 0 aliphatic heterocycles. The summed E-state index contributed by atoms with van der Waals surface area (Å²) in [7, 11) is 1.51. The number of nitrogens with zero attached hydrogens (tertiary/aromatic N) is 2. The first kappa shape index (κ1) is 13.5. The summed E-state index contributed by atoms with van der Waals surface area (Å²) in [5.74, 6) is 1.55. The molecule has 2 saturated carbocycles. The summed E-state index contributed by atoms with van der Waals surface area (Å²) in [5.41, 5.74) is -0.914. The zero-order valence-electron chi connectivity index (χ0n) is 11.2. The minimum absolute atomic E-state index is 0.00881. The number of hydrogen-bond donors (Lipinski definition) is 2. The lowest BCUT2D eigenvalue weighted by Crippen LogP contribution is -2.27. The Kier molecular flexibility index (Phi) is 3.22. The fourth-order valence-corrected chi connectivity index (χ4v) is 3.39. The summed E-state index contributed by atoms with van der Waals surface area (Å²) in [5, 5.41) is 5.74. The maximum atomic E-state index is 12.8. The van der Waals surface area contributed by atoms with E-state index < -0.39 is 11.9 Å². The van der Waals surface area contributed by atoms with Gasteiger partial charge in [-0.2, -0.15) is 18.2 Å². The largest absolute Gasteiger partial charge is 0.433 e. The molecule has 2 aliphatic carbocycles. The number of hydrogen-bond acceptors (Lipinski definition) is 4. The summed E-state index contributed by atoms with van der Waals surface area (Å²) >= 11 is 0. The minimum atomic E-state index is -4.46. The summed E-state index contributed by atoms with van der Waals surface area (Å²) in [6.07, 6.45) is 0.180. The van der Waals surface area contributed by atoms with Crippen LogP contribution in [0.15, 0.2) is 6.07 Å². The second-order valence-corrected chi connectivity index (χ2v) is 5.64. The zero-order valence-corrected chi connectivity index (χ0v) is 11.2. The Morgan fingerprint density at radius 1 is 1.20 bits per heavy atom. The van der Waals surface area contributed by atoms with Crippen molar-refractivity contribution in [1.29, 1.82) is 0 Å². The number of alkyl halides is 3. The molecule has 1 aromatic heterocycles. The molecule has 1 heterocycles. The second kappa shape index (κ2) is 4.79. The molecule has 2 fully saturated rings. The van der Waals surface area contributed by atoms with Gasteiger partial charge in [-0.25, -0.2) is 4.98 Å². The predicted octanol–water partition coefficient (Wildman–Crippen LogP) is 3.14. The quantitative estimate of drug-likeness (QED) is 0.896. The summed E-state index contributed by atoms with van der Waals surface area (Å²) < 4.78 is 38.4. The van der Waals surface area contributed by atoms with Crippen LogP contribution in [0.1, 0.15) is 31.4 Å². The topological polar surface area (TPSA) is 49.8 Å². The van der Waals surface area contributed by atoms with Crippen molar-refractivity contribution in [3.8, 4) is 0 Å². The fraction of sp³-hybridized carbons (Fsp3) is 0.692. The molecule has 7 heteroatoms. The average Bonchev–Trinajstić information content (AvgIpc) is 2.99. The Morgan fingerprint density at radius 2 is 2.00 bits per heavy atom. The van der Waals surface area contributed by atoms with Crippen molar-refractivity contribution in [2.75, 3.05) is 17.7 Å². The van der Waals surface area contributed by atoms with Gasteiger partial charge in [0.15, 0.2) is 5.69 Å². The van der Waals surface area contributed by atoms with Crippen molar-refractivity contribution in [3.05, 3.63) is 11.8 Å². The van der Waals surface area contributed by atoms with Crippen molar-refractivity contribution in [1.82, 2.24) is 9.97 Å². The molecule has 0 aromatic carbocycles. The van der Waals surface area contributed by atoms with Gasteiger partial charge in [0.05, 0.1) is 0 Å². The molecule has 2 N–H and O–H groups in total. The van der Waals surface area contributed by atoms with Crippen molar-refractivity contribution in [3.63, 3.8) is 0 Å². The van der Waals surface area contributed by atoms with E-state index in [1.807, 2.05) is 0 Å². The van der Waals surface area contributed by atoms with E-state index >= 15 is 0 Å². The van der Waals surface area contributed by atoms with Crippen molar-refractivity contribution in [2.24, 2.45) is 11.8 Å². The number of nitrogens with one attached hydrogen (secondary N) is 2. The van der Waals surface area contributed by atoms with E-state index in [1.165, 1.54) is 26.3 Å². The molecule has 2 bridgehead atoms. The van der Waals surface area contributed by atoms with Crippen LogP contribution in [0.5, 0.6) is 0 Å². The van der Waals surface area contributed by atoms with Gasteiger partial charge in [0.2, 0.25) is 5.95 Å². The Labute approximate surface area is 115 Å². The highest BCUT2D eigenvalue weighted by Gasteiger charge is 2.40. The third-order valence-electron chi connectivity index (χ3n) is 4.31. The summed E-state index contributed by atoms with van der Waals surface area (Å²) in [4.78, 5) is 7.54. The molecule has 1 aromatic rings. The highest BCUT2D eigenvalue weighted by molar-refractivity contribution is 5.44. The fourth-order valence-electron chi connectivity index (χ4n) is 3.39. The number of halogens is 3. The number of rotatable bonds is 3. The van der Waals surface area contributed by atoms with Crippen LogP contribution in [0, 0.1) is 11.8 Å². The van der Waals surface area contributed by atoms with Crippen LogP contribution in [-0.2, 0) is 6.18 Å². The van der Waals surface area contributed by atoms with Crippen molar-refractivity contribution >= 4 is 11.8 Å². The maximum Gasteiger partial charge on any atom is 0.433 e. The first-order valence-electron chi connectivity index (χ1n) is 6.86. The van der Waals surface area contributed by atoms with Gasteiger partial charge in [-0.3, -0.25) is 0 Å². The summed E-state index contributed by atoms with van der Waals surface area (Å²) in [6.45, 7) is 0. The molecule has 0 saturated heterocycles. The maximum absolute atomic E-state index is 12.8. The lowest BCUT2D eigenvalue weighted by Gasteiger charge is -2.23. The van der Waals surface area contributed by atoms with E-state index in [0.29, 0.717) is 5.92 Å². The minimum Gasteiger partial charge on any atom is -0.367 e. The van der Waals surface area contributed by atoms with Gasteiger partial charge in [0, 0.05) is 19.2 Å². The molecule has 0 spiro atoms. The number of fused-ring (bicyclic) bond motifs is 2. The van der Waals surface area contributed by atoms with Crippen LogP contribution in [0.4, 0.5) is 24.9 Å². The molecule has 110 valence electrons. The van der Waals surface area contributed by atoms with Gasteiger partial charge < -0.3 is 10.6 Å². The molecular weight excluding hydrogens is 269 g/mol. The monoisotopic (exact) mass is 286 g/mol. The van der Waals surface area contributed by atoms with Crippen molar-refractivity contribution in [2.45, 2.75) is 37.9 Å². The SMILES string of the molecule is CNc1nc(NC2CC3CCC2C3)cc(C(F)(F)F)n1. The van der Waals surface area contributed by atoms with Gasteiger partial charge in [-0.15, -0.1) is 0 Å². The van der Waals surface area contributed by atoms with Crippen LogP contribution in [-0.4, -0.2) is 23.1 Å². The normalized spacial score (nSPS) is 28.7. The second-order valence-electron chi connectivity index (χ2n) is 5.64. The molecule has 3 rings (SSSR count). The predicted molar refractivity (Wildman–Crippen MR) is 69.4 cm³/mol. The highest BCUT2D eigenvalue weighted by atomic mass is 19.4. The molecule has 2 aliphatic rings. The smallest absolute Gasteiger partial charge is 0.367 e. The van der Waals surface area contributed by atoms with Gasteiger partial charge in [0.1, 0.15) is 5.82 Å². The van der Waals surface area contributed by atoms with E-state index in [4.69, 9.17) is 0 Å². The van der Waals surface area contributed by atoms with Crippen LogP contribution in [0.25, 0.3) is 0 Å². The first-order chi connectivity index (χ1) is 9.45. The van der Waals surface area contributed by atoms with Crippen molar-refractivity contribution < 1.29 is 13.2 Å². The van der Waals surface area contributed by atoms with Crippen LogP contribution >= 0.6 is 0 Å². The Morgan fingerprint density at radius 3 is 2.55 bits per heavy atom. The van der Waals surface area contributed by atoms with E-state index in [1.54, 1.807) is 0 Å². The van der Waals surface area contributed by atoms with Crippen LogP contribution in [0.2, 0.25) is 0 Å². The first-order valence-corrected chi connectivity index (χ1v) is 6.86. The highest BCUT2D eigenvalue weighted by Crippen LogP contribution is 2.45. The number of anilines is 2. The lowest BCUT2D eigenvalue weighted by molar-refractivity contribution is -0.141. The van der Waals surface area contributed by atoms with Gasteiger partial charge in [0.25, 0.3) is 0 Å². The molecule has 4 nitrogen and oxygen atoms in total. The summed E-state index contributed by atoms with van der Waals surface area (Å²) in [6, 6.07) is 1.24. The van der Waals surface area contributed by atoms with E-state index in [0.717, 1.165) is 18.4 Å². The number of aromatic nitrogens is 2. The molecule has 0 amide bonds. The molecular formula is C13H17F3N4. The van der Waals surface area contributed by atoms with E-state index in [-0.39, 0.29) is 17.8 Å². The van der Waals surface area contributed by atoms with E-state index in [9.17, 15) is 13.2 Å². The third-order valence-corrected chi connectivity index (χ3v) is 4.31. The Balaban J connectivity index is 1.82. The Bertz CT molecular complexity index is 503. The average molecular weight is 286 g/mol.